The van der Waals surface area contributed by atoms with E-state index in [0.29, 0.717) is 18.6 Å². The van der Waals surface area contributed by atoms with Crippen LogP contribution in [-0.2, 0) is 4.79 Å². The standard InChI is InChI=1S/C9H13NO/c1-2-3-6-10-7-4-9(11)5-8-10/h3H,1,4-8H2. The second kappa shape index (κ2) is 4.12. The molecule has 0 N–H and O–H groups in total. The summed E-state index contributed by atoms with van der Waals surface area (Å²) < 4.78 is 0. The number of nitrogens with zero attached hydrogens (tertiary/aromatic N) is 1. The van der Waals surface area contributed by atoms with Crippen molar-refractivity contribution in [3.63, 3.8) is 0 Å². The van der Waals surface area contributed by atoms with Crippen LogP contribution in [0, 0.1) is 0 Å². The van der Waals surface area contributed by atoms with Crippen LogP contribution in [0.2, 0.25) is 0 Å². The third-order valence-electron chi connectivity index (χ3n) is 1.91. The van der Waals surface area contributed by atoms with Gasteiger partial charge in [0.15, 0.2) is 0 Å². The van der Waals surface area contributed by atoms with Crippen LogP contribution in [-0.4, -0.2) is 30.3 Å². The zero-order valence-corrected chi connectivity index (χ0v) is 6.68. The van der Waals surface area contributed by atoms with E-state index in [-0.39, 0.29) is 0 Å². The molecule has 0 unspecified atom stereocenters. The SMILES string of the molecule is C=C=CCN1CCC(=O)CC1. The lowest BCUT2D eigenvalue weighted by Crippen LogP contribution is -2.33. The van der Waals surface area contributed by atoms with E-state index in [1.54, 1.807) is 0 Å². The lowest BCUT2D eigenvalue weighted by molar-refractivity contribution is -0.121. The first-order valence-electron chi connectivity index (χ1n) is 3.91. The van der Waals surface area contributed by atoms with Crippen LogP contribution in [0.25, 0.3) is 0 Å². The Morgan fingerprint density at radius 2 is 2.18 bits per heavy atom. The second-order valence-electron chi connectivity index (χ2n) is 2.75. The quantitative estimate of drug-likeness (QED) is 0.548. The Bertz CT molecular complexity index is 182. The highest BCUT2D eigenvalue weighted by Gasteiger charge is 2.13. The summed E-state index contributed by atoms with van der Waals surface area (Å²) in [6.07, 6.45) is 3.33. The number of carbonyl (C=O) groups is 1. The zero-order valence-electron chi connectivity index (χ0n) is 6.68. The van der Waals surface area contributed by atoms with Crippen molar-refractivity contribution in [2.75, 3.05) is 19.6 Å². The first-order valence-corrected chi connectivity index (χ1v) is 3.91. The Morgan fingerprint density at radius 3 is 2.73 bits per heavy atom. The van der Waals surface area contributed by atoms with E-state index >= 15 is 0 Å². The van der Waals surface area contributed by atoms with Crippen molar-refractivity contribution in [3.05, 3.63) is 18.4 Å². The molecule has 1 aliphatic rings. The van der Waals surface area contributed by atoms with Crippen LogP contribution in [0.15, 0.2) is 18.4 Å². The molecule has 2 nitrogen and oxygen atoms in total. The number of piperidine rings is 1. The van der Waals surface area contributed by atoms with Gasteiger partial charge in [-0.15, -0.1) is 5.73 Å². The van der Waals surface area contributed by atoms with Crippen molar-refractivity contribution >= 4 is 5.78 Å². The lowest BCUT2D eigenvalue weighted by atomic mass is 10.1. The smallest absolute Gasteiger partial charge is 0.135 e. The minimum atomic E-state index is 0.392. The summed E-state index contributed by atoms with van der Waals surface area (Å²) in [6.45, 7) is 6.17. The monoisotopic (exact) mass is 151 g/mol. The zero-order chi connectivity index (χ0) is 8.10. The van der Waals surface area contributed by atoms with Gasteiger partial charge < -0.3 is 0 Å². The topological polar surface area (TPSA) is 20.3 Å². The summed E-state index contributed by atoms with van der Waals surface area (Å²) in [5.41, 5.74) is 2.72. The highest BCUT2D eigenvalue weighted by molar-refractivity contribution is 5.79. The number of hydrogen-bond donors (Lipinski definition) is 0. The Morgan fingerprint density at radius 1 is 1.55 bits per heavy atom. The molecule has 1 fully saturated rings. The van der Waals surface area contributed by atoms with Crippen LogP contribution in [0.1, 0.15) is 12.8 Å². The molecule has 0 aromatic rings. The minimum Gasteiger partial charge on any atom is -0.300 e. The van der Waals surface area contributed by atoms with Gasteiger partial charge in [-0.25, -0.2) is 0 Å². The van der Waals surface area contributed by atoms with Gasteiger partial charge in [0.1, 0.15) is 5.78 Å². The lowest BCUT2D eigenvalue weighted by Gasteiger charge is -2.23. The average molecular weight is 151 g/mol. The van der Waals surface area contributed by atoms with Gasteiger partial charge in [0, 0.05) is 32.5 Å². The van der Waals surface area contributed by atoms with E-state index in [4.69, 9.17) is 0 Å². The van der Waals surface area contributed by atoms with Crippen molar-refractivity contribution in [2.24, 2.45) is 0 Å². The minimum absolute atomic E-state index is 0.392. The predicted molar refractivity (Wildman–Crippen MR) is 44.4 cm³/mol. The summed E-state index contributed by atoms with van der Waals surface area (Å²) in [7, 11) is 0. The first kappa shape index (κ1) is 8.25. The third kappa shape index (κ3) is 2.71. The number of rotatable bonds is 2. The molecule has 1 heterocycles. The molecule has 0 atom stereocenters. The van der Waals surface area contributed by atoms with Gasteiger partial charge in [-0.1, -0.05) is 6.58 Å². The number of likely N-dealkylation sites (tertiary alicyclic amines) is 1. The van der Waals surface area contributed by atoms with Crippen molar-refractivity contribution in [1.82, 2.24) is 4.90 Å². The fraction of sp³-hybridized carbons (Fsp3) is 0.556. The van der Waals surface area contributed by atoms with E-state index < -0.39 is 0 Å². The number of carbonyl (C=O) groups excluding carboxylic acids is 1. The van der Waals surface area contributed by atoms with Gasteiger partial charge in [-0.05, 0) is 6.08 Å². The van der Waals surface area contributed by atoms with Gasteiger partial charge in [0.2, 0.25) is 0 Å². The van der Waals surface area contributed by atoms with E-state index in [9.17, 15) is 4.79 Å². The van der Waals surface area contributed by atoms with Crippen LogP contribution in [0.4, 0.5) is 0 Å². The third-order valence-corrected chi connectivity index (χ3v) is 1.91. The molecule has 0 aliphatic carbocycles. The maximum atomic E-state index is 10.8. The summed E-state index contributed by atoms with van der Waals surface area (Å²) in [5, 5.41) is 0. The molecule has 0 amide bonds. The van der Waals surface area contributed by atoms with E-state index in [0.717, 1.165) is 19.6 Å². The number of Topliss-reactive ketones (excluding diaryl/α,β-unsaturated/α-hetero) is 1. The van der Waals surface area contributed by atoms with Gasteiger partial charge in [0.25, 0.3) is 0 Å². The molecule has 0 saturated carbocycles. The van der Waals surface area contributed by atoms with Crippen LogP contribution in [0.3, 0.4) is 0 Å². The molecular weight excluding hydrogens is 138 g/mol. The van der Waals surface area contributed by atoms with Crippen LogP contribution in [0.5, 0.6) is 0 Å². The summed E-state index contributed by atoms with van der Waals surface area (Å²) >= 11 is 0. The van der Waals surface area contributed by atoms with Crippen molar-refractivity contribution in [2.45, 2.75) is 12.8 Å². The molecule has 1 aliphatic heterocycles. The Labute approximate surface area is 67.2 Å². The maximum Gasteiger partial charge on any atom is 0.135 e. The molecule has 0 spiro atoms. The molecule has 1 rings (SSSR count). The fourth-order valence-electron chi connectivity index (χ4n) is 1.18. The highest BCUT2D eigenvalue weighted by Crippen LogP contribution is 2.04. The predicted octanol–water partition coefficient (Wildman–Crippen LogP) is 0.992. The van der Waals surface area contributed by atoms with Crippen molar-refractivity contribution in [1.29, 1.82) is 0 Å². The summed E-state index contributed by atoms with van der Waals surface area (Å²) in [4.78, 5) is 13.1. The van der Waals surface area contributed by atoms with Crippen LogP contribution >= 0.6 is 0 Å². The van der Waals surface area contributed by atoms with Crippen LogP contribution < -0.4 is 0 Å². The Balaban J connectivity index is 2.27. The fourth-order valence-corrected chi connectivity index (χ4v) is 1.18. The molecule has 0 aromatic heterocycles. The molecule has 0 radical (unpaired) electrons. The molecule has 1 saturated heterocycles. The molecule has 0 bridgehead atoms. The Kier molecular flexibility index (Phi) is 3.09. The van der Waals surface area contributed by atoms with E-state index in [2.05, 4.69) is 17.2 Å². The summed E-state index contributed by atoms with van der Waals surface area (Å²) in [6, 6.07) is 0. The van der Waals surface area contributed by atoms with Gasteiger partial charge >= 0.3 is 0 Å². The van der Waals surface area contributed by atoms with Crippen molar-refractivity contribution in [3.8, 4) is 0 Å². The maximum absolute atomic E-state index is 10.8. The molecule has 0 aromatic carbocycles. The van der Waals surface area contributed by atoms with Gasteiger partial charge in [-0.2, -0.15) is 0 Å². The van der Waals surface area contributed by atoms with Gasteiger partial charge in [0.05, 0.1) is 0 Å². The average Bonchev–Trinajstić information content (AvgIpc) is 2.04. The number of hydrogen-bond acceptors (Lipinski definition) is 2. The van der Waals surface area contributed by atoms with E-state index in [1.807, 2.05) is 6.08 Å². The summed E-state index contributed by atoms with van der Waals surface area (Å²) in [5.74, 6) is 0.392. The largest absolute Gasteiger partial charge is 0.300 e. The second-order valence-corrected chi connectivity index (χ2v) is 2.75. The Hall–Kier alpha value is -0.850. The number of ketones is 1. The van der Waals surface area contributed by atoms with Crippen molar-refractivity contribution < 1.29 is 4.79 Å². The molecule has 11 heavy (non-hydrogen) atoms. The normalized spacial score (nSPS) is 19.5. The first-order chi connectivity index (χ1) is 5.33. The molecule has 2 heteroatoms. The highest BCUT2D eigenvalue weighted by atomic mass is 16.1. The molecule has 60 valence electrons. The van der Waals surface area contributed by atoms with Gasteiger partial charge in [-0.3, -0.25) is 9.69 Å². The van der Waals surface area contributed by atoms with E-state index in [1.165, 1.54) is 0 Å². The molecular formula is C9H13NO.